The fraction of sp³-hybridized carbons (Fsp3) is 0.526. The average molecular weight is 371 g/mol. The molecule has 0 aromatic carbocycles. The van der Waals surface area contributed by atoms with E-state index in [1.807, 2.05) is 17.9 Å². The number of nitrogens with zero attached hydrogens (tertiary/aromatic N) is 6. The SMILES string of the molecule is Cc1cc2c(N(C)C[C@@H]3CCCN(C)[C@H]3c3cnn(C)c3)ncnc2s1. The highest BCUT2D eigenvalue weighted by molar-refractivity contribution is 7.18. The van der Waals surface area contributed by atoms with E-state index in [1.54, 1.807) is 17.7 Å². The predicted octanol–water partition coefficient (Wildman–Crippen LogP) is 3.25. The quantitative estimate of drug-likeness (QED) is 0.706. The maximum atomic E-state index is 4.60. The van der Waals surface area contributed by atoms with Crippen molar-refractivity contribution in [3.05, 3.63) is 35.2 Å². The summed E-state index contributed by atoms with van der Waals surface area (Å²) in [6, 6.07) is 2.61. The summed E-state index contributed by atoms with van der Waals surface area (Å²) >= 11 is 1.73. The van der Waals surface area contributed by atoms with Gasteiger partial charge in [-0.1, -0.05) is 0 Å². The molecule has 7 heteroatoms. The maximum absolute atomic E-state index is 4.60. The van der Waals surface area contributed by atoms with Gasteiger partial charge in [0.25, 0.3) is 0 Å². The summed E-state index contributed by atoms with van der Waals surface area (Å²) in [5.74, 6) is 1.59. The van der Waals surface area contributed by atoms with Crippen molar-refractivity contribution in [2.24, 2.45) is 13.0 Å². The van der Waals surface area contributed by atoms with Crippen LogP contribution in [0.4, 0.5) is 5.82 Å². The van der Waals surface area contributed by atoms with Gasteiger partial charge >= 0.3 is 0 Å². The molecule has 0 spiro atoms. The Labute approximate surface area is 158 Å². The number of anilines is 1. The van der Waals surface area contributed by atoms with E-state index < -0.39 is 0 Å². The van der Waals surface area contributed by atoms with Crippen molar-refractivity contribution in [2.45, 2.75) is 25.8 Å². The number of aromatic nitrogens is 4. The number of piperidine rings is 1. The molecule has 138 valence electrons. The fourth-order valence-electron chi connectivity index (χ4n) is 4.28. The Balaban J connectivity index is 1.61. The molecule has 3 aromatic heterocycles. The van der Waals surface area contributed by atoms with E-state index in [0.717, 1.165) is 23.7 Å². The highest BCUT2D eigenvalue weighted by Crippen LogP contribution is 2.37. The second kappa shape index (κ2) is 6.96. The second-order valence-electron chi connectivity index (χ2n) is 7.43. The molecule has 0 saturated carbocycles. The zero-order valence-electron chi connectivity index (χ0n) is 15.9. The summed E-state index contributed by atoms with van der Waals surface area (Å²) in [7, 11) is 6.38. The van der Waals surface area contributed by atoms with Crippen LogP contribution in [-0.2, 0) is 7.05 Å². The Morgan fingerprint density at radius 2 is 2.15 bits per heavy atom. The molecule has 0 aliphatic carbocycles. The van der Waals surface area contributed by atoms with Crippen molar-refractivity contribution >= 4 is 27.4 Å². The van der Waals surface area contributed by atoms with E-state index in [9.17, 15) is 0 Å². The van der Waals surface area contributed by atoms with E-state index in [-0.39, 0.29) is 0 Å². The molecule has 0 amide bonds. The van der Waals surface area contributed by atoms with Crippen LogP contribution in [0.5, 0.6) is 0 Å². The van der Waals surface area contributed by atoms with E-state index in [0.29, 0.717) is 12.0 Å². The third kappa shape index (κ3) is 3.21. The molecule has 1 aliphatic heterocycles. The average Bonchev–Trinajstić information content (AvgIpc) is 3.19. The van der Waals surface area contributed by atoms with Gasteiger partial charge in [-0.2, -0.15) is 5.10 Å². The molecular weight excluding hydrogens is 344 g/mol. The highest BCUT2D eigenvalue weighted by atomic mass is 32.1. The molecule has 0 N–H and O–H groups in total. The van der Waals surface area contributed by atoms with E-state index >= 15 is 0 Å². The second-order valence-corrected chi connectivity index (χ2v) is 8.66. The van der Waals surface area contributed by atoms with Gasteiger partial charge in [0, 0.05) is 43.3 Å². The first-order valence-electron chi connectivity index (χ1n) is 9.14. The van der Waals surface area contributed by atoms with Crippen molar-refractivity contribution < 1.29 is 0 Å². The Kier molecular flexibility index (Phi) is 4.67. The molecule has 0 unspecified atom stereocenters. The minimum atomic E-state index is 0.404. The summed E-state index contributed by atoms with van der Waals surface area (Å²) in [6.07, 6.45) is 8.33. The van der Waals surface area contributed by atoms with Crippen LogP contribution < -0.4 is 4.90 Å². The maximum Gasteiger partial charge on any atom is 0.140 e. The Hall–Kier alpha value is -1.99. The van der Waals surface area contributed by atoms with Crippen molar-refractivity contribution in [2.75, 3.05) is 32.1 Å². The van der Waals surface area contributed by atoms with Gasteiger partial charge in [0.05, 0.1) is 11.6 Å². The van der Waals surface area contributed by atoms with Gasteiger partial charge in [-0.25, -0.2) is 9.97 Å². The van der Waals surface area contributed by atoms with Gasteiger partial charge in [0.15, 0.2) is 0 Å². The first kappa shape index (κ1) is 17.4. The minimum absolute atomic E-state index is 0.404. The lowest BCUT2D eigenvalue weighted by atomic mass is 9.85. The van der Waals surface area contributed by atoms with Crippen LogP contribution in [0.1, 0.15) is 29.3 Å². The molecule has 1 aliphatic rings. The lowest BCUT2D eigenvalue weighted by Crippen LogP contribution is -2.41. The normalized spacial score (nSPS) is 21.4. The van der Waals surface area contributed by atoms with Gasteiger partial charge in [0.2, 0.25) is 0 Å². The molecule has 26 heavy (non-hydrogen) atoms. The first-order chi connectivity index (χ1) is 12.5. The molecule has 4 rings (SSSR count). The summed E-state index contributed by atoms with van der Waals surface area (Å²) in [5, 5.41) is 5.57. The molecular formula is C19H26N6S. The van der Waals surface area contributed by atoms with Crippen molar-refractivity contribution in [1.82, 2.24) is 24.6 Å². The van der Waals surface area contributed by atoms with Gasteiger partial charge < -0.3 is 4.90 Å². The van der Waals surface area contributed by atoms with E-state index in [2.05, 4.69) is 58.1 Å². The lowest BCUT2D eigenvalue weighted by Gasteiger charge is -2.40. The monoisotopic (exact) mass is 370 g/mol. The number of rotatable bonds is 4. The van der Waals surface area contributed by atoms with Crippen LogP contribution in [0, 0.1) is 12.8 Å². The van der Waals surface area contributed by atoms with Crippen LogP contribution in [0.3, 0.4) is 0 Å². The Morgan fingerprint density at radius 3 is 2.92 bits per heavy atom. The highest BCUT2D eigenvalue weighted by Gasteiger charge is 2.32. The molecule has 4 heterocycles. The van der Waals surface area contributed by atoms with Gasteiger partial charge in [0.1, 0.15) is 17.0 Å². The van der Waals surface area contributed by atoms with Crippen LogP contribution in [0.25, 0.3) is 10.2 Å². The third-order valence-electron chi connectivity index (χ3n) is 5.38. The lowest BCUT2D eigenvalue weighted by molar-refractivity contribution is 0.124. The number of hydrogen-bond acceptors (Lipinski definition) is 6. The molecule has 2 atom stereocenters. The van der Waals surface area contributed by atoms with Crippen LogP contribution in [-0.4, -0.2) is 51.8 Å². The van der Waals surface area contributed by atoms with E-state index in [4.69, 9.17) is 0 Å². The van der Waals surface area contributed by atoms with Crippen molar-refractivity contribution in [3.63, 3.8) is 0 Å². The summed E-state index contributed by atoms with van der Waals surface area (Å²) in [5.41, 5.74) is 1.31. The number of aryl methyl sites for hydroxylation is 2. The summed E-state index contributed by atoms with van der Waals surface area (Å²) < 4.78 is 1.90. The molecule has 6 nitrogen and oxygen atoms in total. The zero-order valence-corrected chi connectivity index (χ0v) is 16.7. The van der Waals surface area contributed by atoms with Gasteiger partial charge in [-0.15, -0.1) is 11.3 Å². The molecule has 0 bridgehead atoms. The molecule has 1 fully saturated rings. The largest absolute Gasteiger partial charge is 0.359 e. The van der Waals surface area contributed by atoms with Crippen LogP contribution in [0.2, 0.25) is 0 Å². The minimum Gasteiger partial charge on any atom is -0.359 e. The van der Waals surface area contributed by atoms with Crippen molar-refractivity contribution in [1.29, 1.82) is 0 Å². The molecule has 3 aromatic rings. The molecule has 0 radical (unpaired) electrons. The van der Waals surface area contributed by atoms with Gasteiger partial charge in [-0.3, -0.25) is 9.58 Å². The summed E-state index contributed by atoms with van der Waals surface area (Å²) in [4.78, 5) is 16.2. The fourth-order valence-corrected chi connectivity index (χ4v) is 5.12. The topological polar surface area (TPSA) is 50.1 Å². The first-order valence-corrected chi connectivity index (χ1v) is 9.95. The Bertz CT molecular complexity index is 900. The van der Waals surface area contributed by atoms with Crippen LogP contribution in [0.15, 0.2) is 24.8 Å². The number of fused-ring (bicyclic) bond motifs is 1. The zero-order chi connectivity index (χ0) is 18.3. The predicted molar refractivity (Wildman–Crippen MR) is 107 cm³/mol. The van der Waals surface area contributed by atoms with Crippen molar-refractivity contribution in [3.8, 4) is 0 Å². The number of thiophene rings is 1. The Morgan fingerprint density at radius 1 is 1.31 bits per heavy atom. The standard InChI is InChI=1S/C19H26N6S/c1-13-8-16-18(20-12-21-19(16)26-13)24(3)10-14-6-5-7-23(2)17(14)15-9-22-25(4)11-15/h8-9,11-12,14,17H,5-7,10H2,1-4H3/t14-,17+/m0/s1. The molecule has 1 saturated heterocycles. The number of likely N-dealkylation sites (tertiary alicyclic amines) is 1. The number of hydrogen-bond donors (Lipinski definition) is 0. The summed E-state index contributed by atoms with van der Waals surface area (Å²) in [6.45, 7) is 4.25. The van der Waals surface area contributed by atoms with E-state index in [1.165, 1.54) is 28.7 Å². The van der Waals surface area contributed by atoms with Crippen LogP contribution >= 0.6 is 11.3 Å². The third-order valence-corrected chi connectivity index (χ3v) is 6.33. The smallest absolute Gasteiger partial charge is 0.140 e. The van der Waals surface area contributed by atoms with Gasteiger partial charge in [-0.05, 0) is 45.3 Å².